The molecule has 0 aliphatic rings. The average Bonchev–Trinajstić information content (AvgIpc) is 2.42. The van der Waals surface area contributed by atoms with Crippen LogP contribution >= 0.6 is 0 Å². The number of carbonyl (C=O) groups is 1. The Morgan fingerprint density at radius 3 is 2.70 bits per heavy atom. The molecule has 1 aromatic heterocycles. The number of methoxy groups -OCH3 is 1. The molecule has 0 N–H and O–H groups in total. The van der Waals surface area contributed by atoms with Crippen molar-refractivity contribution in [2.24, 2.45) is 5.92 Å². The predicted molar refractivity (Wildman–Crippen MR) is 74.7 cm³/mol. The Kier molecular flexibility index (Phi) is 5.42. The van der Waals surface area contributed by atoms with E-state index in [4.69, 9.17) is 4.74 Å². The second-order valence-corrected chi connectivity index (χ2v) is 4.55. The van der Waals surface area contributed by atoms with E-state index in [1.165, 1.54) is 13.3 Å². The van der Waals surface area contributed by atoms with Crippen molar-refractivity contribution in [3.8, 4) is 0 Å². The molecular formula is C13H19N3O4. The zero-order valence-corrected chi connectivity index (χ0v) is 12.1. The fraction of sp³-hybridized carbons (Fsp3) is 0.538. The molecule has 0 unspecified atom stereocenters. The maximum Gasteiger partial charge on any atom is 0.310 e. The van der Waals surface area contributed by atoms with E-state index in [1.54, 1.807) is 19.9 Å². The van der Waals surface area contributed by atoms with E-state index in [0.717, 1.165) is 0 Å². The third kappa shape index (κ3) is 3.66. The van der Waals surface area contributed by atoms with E-state index < -0.39 is 4.92 Å². The van der Waals surface area contributed by atoms with Gasteiger partial charge in [0, 0.05) is 18.7 Å². The molecule has 1 atom stereocenters. The minimum atomic E-state index is -0.459. The molecular weight excluding hydrogens is 262 g/mol. The summed E-state index contributed by atoms with van der Waals surface area (Å²) in [6.07, 6.45) is 1.25. The first-order valence-electron chi connectivity index (χ1n) is 6.34. The smallest absolute Gasteiger partial charge is 0.310 e. The van der Waals surface area contributed by atoms with Crippen LogP contribution < -0.4 is 4.90 Å². The zero-order chi connectivity index (χ0) is 15.3. The van der Waals surface area contributed by atoms with Gasteiger partial charge in [-0.1, -0.05) is 6.92 Å². The SMILES string of the molecule is CCN(C[C@@H](C)C(=O)OC)c1cc(C)c([N+](=O)[O-])cn1. The van der Waals surface area contributed by atoms with Crippen molar-refractivity contribution in [2.45, 2.75) is 20.8 Å². The van der Waals surface area contributed by atoms with Gasteiger partial charge in [0.15, 0.2) is 0 Å². The standard InChI is InChI=1S/C13H19N3O4/c1-5-15(8-10(3)13(17)20-4)12-6-9(2)11(7-14-12)16(18)19/h6-7,10H,5,8H2,1-4H3/t10-/m1/s1. The molecule has 0 bridgehead atoms. The molecule has 0 saturated carbocycles. The number of esters is 1. The molecule has 7 heteroatoms. The molecule has 110 valence electrons. The van der Waals surface area contributed by atoms with E-state index >= 15 is 0 Å². The lowest BCUT2D eigenvalue weighted by Gasteiger charge is -2.24. The van der Waals surface area contributed by atoms with Crippen LogP contribution in [-0.4, -0.2) is 36.1 Å². The summed E-state index contributed by atoms with van der Waals surface area (Å²) >= 11 is 0. The normalized spacial score (nSPS) is 11.8. The highest BCUT2D eigenvalue weighted by Gasteiger charge is 2.19. The summed E-state index contributed by atoms with van der Waals surface area (Å²) in [5, 5.41) is 10.8. The van der Waals surface area contributed by atoms with Gasteiger partial charge in [0.25, 0.3) is 5.69 Å². The molecule has 1 heterocycles. The molecule has 0 aromatic carbocycles. The summed E-state index contributed by atoms with van der Waals surface area (Å²) in [5.41, 5.74) is 0.537. The largest absolute Gasteiger partial charge is 0.469 e. The first kappa shape index (κ1) is 15.9. The molecule has 0 aliphatic heterocycles. The Labute approximate surface area is 117 Å². The van der Waals surface area contributed by atoms with Crippen LogP contribution in [0, 0.1) is 23.0 Å². The lowest BCUT2D eigenvalue weighted by Crippen LogP contribution is -2.32. The van der Waals surface area contributed by atoms with Crippen LogP contribution in [0.25, 0.3) is 0 Å². The van der Waals surface area contributed by atoms with E-state index in [9.17, 15) is 14.9 Å². The predicted octanol–water partition coefficient (Wildman–Crippen LogP) is 1.93. The van der Waals surface area contributed by atoms with Gasteiger partial charge in [0.2, 0.25) is 0 Å². The molecule has 0 amide bonds. The second-order valence-electron chi connectivity index (χ2n) is 4.55. The third-order valence-corrected chi connectivity index (χ3v) is 3.07. The third-order valence-electron chi connectivity index (χ3n) is 3.07. The van der Waals surface area contributed by atoms with E-state index in [0.29, 0.717) is 24.5 Å². The van der Waals surface area contributed by atoms with Crippen LogP contribution in [0.5, 0.6) is 0 Å². The average molecular weight is 281 g/mol. The van der Waals surface area contributed by atoms with Crippen molar-refractivity contribution in [3.63, 3.8) is 0 Å². The van der Waals surface area contributed by atoms with Gasteiger partial charge in [0.1, 0.15) is 12.0 Å². The van der Waals surface area contributed by atoms with Crippen LogP contribution in [0.2, 0.25) is 0 Å². The summed E-state index contributed by atoms with van der Waals surface area (Å²) < 4.78 is 4.69. The number of pyridine rings is 1. The van der Waals surface area contributed by atoms with Gasteiger partial charge in [0.05, 0.1) is 18.0 Å². The van der Waals surface area contributed by atoms with Crippen molar-refractivity contribution in [1.82, 2.24) is 4.98 Å². The summed E-state index contributed by atoms with van der Waals surface area (Å²) in [4.78, 5) is 27.7. The Morgan fingerprint density at radius 1 is 1.60 bits per heavy atom. The number of carbonyl (C=O) groups excluding carboxylic acids is 1. The highest BCUT2D eigenvalue weighted by atomic mass is 16.6. The van der Waals surface area contributed by atoms with Crippen molar-refractivity contribution in [2.75, 3.05) is 25.1 Å². The van der Waals surface area contributed by atoms with Crippen molar-refractivity contribution in [3.05, 3.63) is 27.9 Å². The minimum Gasteiger partial charge on any atom is -0.469 e. The van der Waals surface area contributed by atoms with Crippen molar-refractivity contribution < 1.29 is 14.5 Å². The van der Waals surface area contributed by atoms with Gasteiger partial charge >= 0.3 is 5.97 Å². The van der Waals surface area contributed by atoms with Crippen LogP contribution in [-0.2, 0) is 9.53 Å². The Morgan fingerprint density at radius 2 is 2.25 bits per heavy atom. The quantitative estimate of drug-likeness (QED) is 0.450. The number of rotatable bonds is 6. The topological polar surface area (TPSA) is 85.6 Å². The van der Waals surface area contributed by atoms with Crippen LogP contribution in [0.15, 0.2) is 12.3 Å². The van der Waals surface area contributed by atoms with Gasteiger partial charge in [-0.3, -0.25) is 14.9 Å². The van der Waals surface area contributed by atoms with Crippen molar-refractivity contribution >= 4 is 17.5 Å². The molecule has 0 radical (unpaired) electrons. The molecule has 0 spiro atoms. The Balaban J connectivity index is 2.93. The highest BCUT2D eigenvalue weighted by Crippen LogP contribution is 2.22. The number of hydrogen-bond acceptors (Lipinski definition) is 6. The van der Waals surface area contributed by atoms with Crippen LogP contribution in [0.1, 0.15) is 19.4 Å². The molecule has 0 fully saturated rings. The molecule has 1 rings (SSSR count). The number of hydrogen-bond donors (Lipinski definition) is 0. The van der Waals surface area contributed by atoms with Gasteiger partial charge in [-0.05, 0) is 19.9 Å². The molecule has 20 heavy (non-hydrogen) atoms. The van der Waals surface area contributed by atoms with Crippen molar-refractivity contribution in [1.29, 1.82) is 0 Å². The Hall–Kier alpha value is -2.18. The maximum atomic E-state index is 11.4. The maximum absolute atomic E-state index is 11.4. The van der Waals surface area contributed by atoms with Gasteiger partial charge in [-0.25, -0.2) is 4.98 Å². The van der Waals surface area contributed by atoms with E-state index in [-0.39, 0.29) is 17.6 Å². The number of ether oxygens (including phenoxy) is 1. The number of anilines is 1. The fourth-order valence-electron chi connectivity index (χ4n) is 1.89. The molecule has 0 saturated heterocycles. The number of nitrogens with zero attached hydrogens (tertiary/aromatic N) is 3. The number of aryl methyl sites for hydroxylation is 1. The number of aromatic nitrogens is 1. The first-order chi connectivity index (χ1) is 9.40. The second kappa shape index (κ2) is 6.83. The Bertz CT molecular complexity index is 504. The highest BCUT2D eigenvalue weighted by molar-refractivity contribution is 5.72. The fourth-order valence-corrected chi connectivity index (χ4v) is 1.89. The van der Waals surface area contributed by atoms with Gasteiger partial charge in [-0.15, -0.1) is 0 Å². The lowest BCUT2D eigenvalue weighted by atomic mass is 10.1. The first-order valence-corrected chi connectivity index (χ1v) is 6.34. The lowest BCUT2D eigenvalue weighted by molar-refractivity contribution is -0.385. The summed E-state index contributed by atoms with van der Waals surface area (Å²) in [6.45, 7) is 6.47. The minimum absolute atomic E-state index is 0.00850. The molecule has 0 aliphatic carbocycles. The molecule has 7 nitrogen and oxygen atoms in total. The summed E-state index contributed by atoms with van der Waals surface area (Å²) in [6, 6.07) is 1.66. The zero-order valence-electron chi connectivity index (χ0n) is 12.1. The van der Waals surface area contributed by atoms with Gasteiger partial charge in [-0.2, -0.15) is 0 Å². The monoisotopic (exact) mass is 281 g/mol. The van der Waals surface area contributed by atoms with Crippen LogP contribution in [0.4, 0.5) is 11.5 Å². The summed E-state index contributed by atoms with van der Waals surface area (Å²) in [5.74, 6) is 0.0330. The summed E-state index contributed by atoms with van der Waals surface area (Å²) in [7, 11) is 1.35. The van der Waals surface area contributed by atoms with Gasteiger partial charge < -0.3 is 9.64 Å². The van der Waals surface area contributed by atoms with Crippen LogP contribution in [0.3, 0.4) is 0 Å². The molecule has 1 aromatic rings. The van der Waals surface area contributed by atoms with E-state index in [1.807, 2.05) is 11.8 Å². The van der Waals surface area contributed by atoms with E-state index in [2.05, 4.69) is 4.98 Å². The number of nitro groups is 1.